The Morgan fingerprint density at radius 1 is 1.46 bits per heavy atom. The van der Waals surface area contributed by atoms with E-state index in [9.17, 15) is 5.11 Å². The van der Waals surface area contributed by atoms with E-state index in [4.69, 9.17) is 4.74 Å². The molecule has 0 aromatic rings. The first-order chi connectivity index (χ1) is 6.13. The number of hydrogen-bond donors (Lipinski definition) is 1. The average molecular weight is 185 g/mol. The first-order valence-corrected chi connectivity index (χ1v) is 5.13. The standard InChI is InChI=1S/C10H19NO2/c1-10(12)5-3-4-9(10)11-6-8(7-11)13-2/h8-9,12H,3-7H2,1-2H3. The Balaban J connectivity index is 1.89. The molecule has 2 aliphatic rings. The third-order valence-electron chi connectivity index (χ3n) is 3.53. The summed E-state index contributed by atoms with van der Waals surface area (Å²) in [5.41, 5.74) is -0.460. The van der Waals surface area contributed by atoms with Crippen LogP contribution in [0.25, 0.3) is 0 Å². The van der Waals surface area contributed by atoms with E-state index in [1.54, 1.807) is 7.11 Å². The summed E-state index contributed by atoms with van der Waals surface area (Å²) in [7, 11) is 1.76. The third-order valence-corrected chi connectivity index (χ3v) is 3.53. The highest BCUT2D eigenvalue weighted by molar-refractivity contribution is 4.99. The molecular weight excluding hydrogens is 166 g/mol. The molecule has 76 valence electrons. The first-order valence-electron chi connectivity index (χ1n) is 5.13. The van der Waals surface area contributed by atoms with Crippen LogP contribution in [0.3, 0.4) is 0 Å². The van der Waals surface area contributed by atoms with Gasteiger partial charge in [-0.05, 0) is 26.2 Å². The Bertz CT molecular complexity index is 187. The van der Waals surface area contributed by atoms with E-state index in [0.717, 1.165) is 32.4 Å². The van der Waals surface area contributed by atoms with Crippen LogP contribution in [0, 0.1) is 0 Å². The molecule has 0 bridgehead atoms. The van der Waals surface area contributed by atoms with Crippen LogP contribution in [0.15, 0.2) is 0 Å². The van der Waals surface area contributed by atoms with Crippen LogP contribution >= 0.6 is 0 Å². The summed E-state index contributed by atoms with van der Waals surface area (Å²) in [5.74, 6) is 0. The van der Waals surface area contributed by atoms with Crippen LogP contribution in [0.4, 0.5) is 0 Å². The van der Waals surface area contributed by atoms with Gasteiger partial charge in [0.15, 0.2) is 0 Å². The van der Waals surface area contributed by atoms with E-state index in [1.807, 2.05) is 6.92 Å². The monoisotopic (exact) mass is 185 g/mol. The summed E-state index contributed by atoms with van der Waals surface area (Å²) >= 11 is 0. The molecular formula is C10H19NO2. The van der Waals surface area contributed by atoms with Crippen molar-refractivity contribution >= 4 is 0 Å². The van der Waals surface area contributed by atoms with Crippen molar-refractivity contribution in [1.29, 1.82) is 0 Å². The van der Waals surface area contributed by atoms with E-state index in [-0.39, 0.29) is 0 Å². The molecule has 1 saturated heterocycles. The van der Waals surface area contributed by atoms with Crippen LogP contribution < -0.4 is 0 Å². The SMILES string of the molecule is COC1CN(C2CCCC2(C)O)C1. The summed E-state index contributed by atoms with van der Waals surface area (Å²) in [4.78, 5) is 2.35. The van der Waals surface area contributed by atoms with Gasteiger partial charge in [0, 0.05) is 26.2 Å². The van der Waals surface area contributed by atoms with Crippen molar-refractivity contribution in [3.63, 3.8) is 0 Å². The van der Waals surface area contributed by atoms with Gasteiger partial charge in [-0.25, -0.2) is 0 Å². The minimum Gasteiger partial charge on any atom is -0.389 e. The lowest BCUT2D eigenvalue weighted by atomic mass is 9.95. The lowest BCUT2D eigenvalue weighted by molar-refractivity contribution is -0.0967. The van der Waals surface area contributed by atoms with Crippen LogP contribution in [0.5, 0.6) is 0 Å². The van der Waals surface area contributed by atoms with Gasteiger partial charge in [0.25, 0.3) is 0 Å². The molecule has 13 heavy (non-hydrogen) atoms. The zero-order chi connectivity index (χ0) is 9.47. The van der Waals surface area contributed by atoms with Crippen molar-refractivity contribution in [1.82, 2.24) is 4.90 Å². The Hall–Kier alpha value is -0.120. The highest BCUT2D eigenvalue weighted by atomic mass is 16.5. The maximum Gasteiger partial charge on any atom is 0.0825 e. The van der Waals surface area contributed by atoms with Gasteiger partial charge in [0.1, 0.15) is 0 Å². The van der Waals surface area contributed by atoms with Crippen LogP contribution in [-0.4, -0.2) is 48.0 Å². The second-order valence-electron chi connectivity index (χ2n) is 4.58. The summed E-state index contributed by atoms with van der Waals surface area (Å²) in [6, 6.07) is 0.374. The van der Waals surface area contributed by atoms with Gasteiger partial charge < -0.3 is 9.84 Å². The largest absolute Gasteiger partial charge is 0.389 e. The fraction of sp³-hybridized carbons (Fsp3) is 1.00. The predicted octanol–water partition coefficient (Wildman–Crippen LogP) is 0.620. The molecule has 1 saturated carbocycles. The van der Waals surface area contributed by atoms with Gasteiger partial charge >= 0.3 is 0 Å². The van der Waals surface area contributed by atoms with Gasteiger partial charge in [0.05, 0.1) is 11.7 Å². The van der Waals surface area contributed by atoms with Crippen LogP contribution in [0.2, 0.25) is 0 Å². The highest BCUT2D eigenvalue weighted by Crippen LogP contribution is 2.35. The lowest BCUT2D eigenvalue weighted by Crippen LogP contribution is -2.60. The minimum absolute atomic E-state index is 0.374. The quantitative estimate of drug-likeness (QED) is 0.684. The van der Waals surface area contributed by atoms with Gasteiger partial charge in [-0.3, -0.25) is 4.90 Å². The number of nitrogens with zero attached hydrogens (tertiary/aromatic N) is 1. The maximum atomic E-state index is 10.1. The normalized spacial score (nSPS) is 42.2. The fourth-order valence-electron chi connectivity index (χ4n) is 2.58. The summed E-state index contributed by atoms with van der Waals surface area (Å²) < 4.78 is 5.22. The highest BCUT2D eigenvalue weighted by Gasteiger charge is 2.44. The summed E-state index contributed by atoms with van der Waals surface area (Å²) in [5, 5.41) is 10.1. The average Bonchev–Trinajstić information content (AvgIpc) is 2.29. The second-order valence-corrected chi connectivity index (χ2v) is 4.58. The molecule has 1 aliphatic heterocycles. The summed E-state index contributed by atoms with van der Waals surface area (Å²) in [6.07, 6.45) is 3.65. The van der Waals surface area contributed by atoms with E-state index in [2.05, 4.69) is 4.90 Å². The first kappa shape index (κ1) is 9.44. The van der Waals surface area contributed by atoms with Crippen molar-refractivity contribution < 1.29 is 9.84 Å². The van der Waals surface area contributed by atoms with Crippen molar-refractivity contribution in [2.24, 2.45) is 0 Å². The number of ether oxygens (including phenoxy) is 1. The van der Waals surface area contributed by atoms with E-state index in [1.165, 1.54) is 0 Å². The Morgan fingerprint density at radius 2 is 2.15 bits per heavy atom. The molecule has 2 atom stereocenters. The van der Waals surface area contributed by atoms with Crippen molar-refractivity contribution in [2.45, 2.75) is 43.9 Å². The molecule has 2 fully saturated rings. The van der Waals surface area contributed by atoms with E-state index < -0.39 is 5.60 Å². The van der Waals surface area contributed by atoms with Gasteiger partial charge in [-0.1, -0.05) is 0 Å². The Labute approximate surface area is 79.7 Å². The predicted molar refractivity (Wildman–Crippen MR) is 50.6 cm³/mol. The number of likely N-dealkylation sites (tertiary alicyclic amines) is 1. The minimum atomic E-state index is -0.460. The van der Waals surface area contributed by atoms with E-state index >= 15 is 0 Å². The van der Waals surface area contributed by atoms with Crippen LogP contribution in [0.1, 0.15) is 26.2 Å². The Morgan fingerprint density at radius 3 is 2.62 bits per heavy atom. The molecule has 2 unspecified atom stereocenters. The van der Waals surface area contributed by atoms with E-state index in [0.29, 0.717) is 12.1 Å². The summed E-state index contributed by atoms with van der Waals surface area (Å²) in [6.45, 7) is 3.96. The van der Waals surface area contributed by atoms with Crippen molar-refractivity contribution in [2.75, 3.05) is 20.2 Å². The molecule has 0 aromatic heterocycles. The fourth-order valence-corrected chi connectivity index (χ4v) is 2.58. The third kappa shape index (κ3) is 1.60. The molecule has 0 radical (unpaired) electrons. The second kappa shape index (κ2) is 3.23. The molecule has 0 aromatic carbocycles. The van der Waals surface area contributed by atoms with Gasteiger partial charge in [-0.15, -0.1) is 0 Å². The zero-order valence-corrected chi connectivity index (χ0v) is 8.49. The molecule has 3 nitrogen and oxygen atoms in total. The number of aliphatic hydroxyl groups is 1. The molecule has 1 N–H and O–H groups in total. The molecule has 0 spiro atoms. The molecule has 1 aliphatic carbocycles. The van der Waals surface area contributed by atoms with Gasteiger partial charge in [0.2, 0.25) is 0 Å². The number of methoxy groups -OCH3 is 1. The molecule has 2 rings (SSSR count). The number of hydrogen-bond acceptors (Lipinski definition) is 3. The van der Waals surface area contributed by atoms with Crippen molar-refractivity contribution in [3.05, 3.63) is 0 Å². The lowest BCUT2D eigenvalue weighted by Gasteiger charge is -2.46. The van der Waals surface area contributed by atoms with Crippen LogP contribution in [-0.2, 0) is 4.74 Å². The topological polar surface area (TPSA) is 32.7 Å². The molecule has 0 amide bonds. The smallest absolute Gasteiger partial charge is 0.0825 e. The maximum absolute atomic E-state index is 10.1. The molecule has 3 heteroatoms. The van der Waals surface area contributed by atoms with Crippen molar-refractivity contribution in [3.8, 4) is 0 Å². The molecule has 1 heterocycles. The Kier molecular flexibility index (Phi) is 2.34. The van der Waals surface area contributed by atoms with Gasteiger partial charge in [-0.2, -0.15) is 0 Å². The zero-order valence-electron chi connectivity index (χ0n) is 8.49. The number of rotatable bonds is 2.